The van der Waals surface area contributed by atoms with Crippen molar-refractivity contribution in [3.8, 4) is 11.5 Å². The van der Waals surface area contributed by atoms with Crippen LogP contribution in [0.3, 0.4) is 0 Å². The molecule has 0 radical (unpaired) electrons. The Morgan fingerprint density at radius 1 is 1.03 bits per heavy atom. The maximum Gasteiger partial charge on any atom is 0.317 e. The second kappa shape index (κ2) is 8.79. The Labute approximate surface area is 214 Å². The molecule has 1 aliphatic heterocycles. The molecule has 180 valence electrons. The molecule has 5 nitrogen and oxygen atoms in total. The van der Waals surface area contributed by atoms with E-state index in [0.29, 0.717) is 38.5 Å². The largest absolute Gasteiger partial charge is 0.493 e. The van der Waals surface area contributed by atoms with E-state index in [9.17, 15) is 9.59 Å². The average molecular weight is 506 g/mol. The lowest BCUT2D eigenvalue weighted by Crippen LogP contribution is -2.51. The van der Waals surface area contributed by atoms with Gasteiger partial charge in [0.2, 0.25) is 0 Å². The summed E-state index contributed by atoms with van der Waals surface area (Å²) in [6, 6.07) is 14.8. The SMILES string of the molecule is COc1cc(/C=C2\SC(=S)N(c3ccccc3)C2=O)ccc1OC(=O)C12CC3CC(CC(C3)C1)C2. The summed E-state index contributed by atoms with van der Waals surface area (Å²) in [4.78, 5) is 28.5. The minimum absolute atomic E-state index is 0.105. The van der Waals surface area contributed by atoms with Gasteiger partial charge in [-0.05, 0) is 92.2 Å². The van der Waals surface area contributed by atoms with E-state index in [-0.39, 0.29) is 17.3 Å². The van der Waals surface area contributed by atoms with Crippen LogP contribution in [0.4, 0.5) is 5.69 Å². The number of esters is 1. The summed E-state index contributed by atoms with van der Waals surface area (Å²) < 4.78 is 12.0. The lowest BCUT2D eigenvalue weighted by atomic mass is 9.49. The van der Waals surface area contributed by atoms with Crippen molar-refractivity contribution in [1.82, 2.24) is 0 Å². The molecule has 5 fully saturated rings. The number of amides is 1. The summed E-state index contributed by atoms with van der Waals surface area (Å²) in [6.07, 6.45) is 8.52. The maximum atomic E-state index is 13.4. The quantitative estimate of drug-likeness (QED) is 0.208. The van der Waals surface area contributed by atoms with Gasteiger partial charge in [0.15, 0.2) is 15.8 Å². The van der Waals surface area contributed by atoms with E-state index in [4.69, 9.17) is 21.7 Å². The van der Waals surface area contributed by atoms with Gasteiger partial charge in [-0.25, -0.2) is 0 Å². The van der Waals surface area contributed by atoms with Crippen molar-refractivity contribution in [2.75, 3.05) is 12.0 Å². The molecule has 1 saturated heterocycles. The number of methoxy groups -OCH3 is 1. The van der Waals surface area contributed by atoms with Gasteiger partial charge in [0.05, 0.1) is 23.1 Å². The van der Waals surface area contributed by atoms with Crippen LogP contribution in [0, 0.1) is 23.2 Å². The number of benzene rings is 2. The lowest BCUT2D eigenvalue weighted by Gasteiger charge is -2.55. The molecule has 0 unspecified atom stereocenters. The van der Waals surface area contributed by atoms with E-state index in [2.05, 4.69) is 0 Å². The molecule has 0 aromatic heterocycles. The number of nitrogens with zero attached hydrogens (tertiary/aromatic N) is 1. The van der Waals surface area contributed by atoms with Crippen molar-refractivity contribution in [2.45, 2.75) is 38.5 Å². The third-order valence-corrected chi connectivity index (χ3v) is 9.27. The lowest BCUT2D eigenvalue weighted by molar-refractivity contribution is -0.161. The zero-order valence-electron chi connectivity index (χ0n) is 19.6. The van der Waals surface area contributed by atoms with E-state index in [0.717, 1.165) is 30.5 Å². The Hall–Kier alpha value is -2.64. The van der Waals surface area contributed by atoms with Crippen LogP contribution < -0.4 is 14.4 Å². The number of rotatable bonds is 5. The summed E-state index contributed by atoms with van der Waals surface area (Å²) in [5.74, 6) is 2.68. The smallest absolute Gasteiger partial charge is 0.317 e. The Morgan fingerprint density at radius 3 is 2.31 bits per heavy atom. The third-order valence-electron chi connectivity index (χ3n) is 7.97. The van der Waals surface area contributed by atoms with Gasteiger partial charge in [0.25, 0.3) is 5.91 Å². The van der Waals surface area contributed by atoms with Crippen LogP contribution in [0.5, 0.6) is 11.5 Å². The third kappa shape index (κ3) is 4.08. The summed E-state index contributed by atoms with van der Waals surface area (Å²) in [5.41, 5.74) is 1.21. The van der Waals surface area contributed by atoms with E-state index >= 15 is 0 Å². The van der Waals surface area contributed by atoms with Crippen molar-refractivity contribution in [1.29, 1.82) is 0 Å². The molecule has 5 aliphatic rings. The molecule has 0 atom stereocenters. The first kappa shape index (κ1) is 22.8. The van der Waals surface area contributed by atoms with Crippen LogP contribution in [0.25, 0.3) is 6.08 Å². The highest BCUT2D eigenvalue weighted by Crippen LogP contribution is 2.60. The summed E-state index contributed by atoms with van der Waals surface area (Å²) in [7, 11) is 1.57. The standard InChI is InChI=1S/C28H27NO4S2/c1-32-23-12-17(13-24-25(30)29(27(34)35-24)21-5-3-2-4-6-21)7-8-22(23)33-26(31)28-14-18-9-19(15-28)11-20(10-18)16-28/h2-8,12-13,18-20H,9-11,14-16H2,1H3/b24-13-. The van der Waals surface area contributed by atoms with Gasteiger partial charge in [-0.3, -0.25) is 14.5 Å². The number of hydrogen-bond acceptors (Lipinski definition) is 6. The molecule has 0 N–H and O–H groups in total. The van der Waals surface area contributed by atoms with Crippen molar-refractivity contribution in [2.24, 2.45) is 23.2 Å². The number of thiocarbonyl (C=S) groups is 1. The minimum Gasteiger partial charge on any atom is -0.493 e. The molecular formula is C28H27NO4S2. The molecule has 1 heterocycles. The van der Waals surface area contributed by atoms with Gasteiger partial charge in [-0.1, -0.05) is 48.2 Å². The molecule has 7 rings (SSSR count). The Morgan fingerprint density at radius 2 is 1.69 bits per heavy atom. The molecule has 2 aromatic carbocycles. The molecule has 35 heavy (non-hydrogen) atoms. The highest BCUT2D eigenvalue weighted by Gasteiger charge is 2.55. The van der Waals surface area contributed by atoms with Gasteiger partial charge >= 0.3 is 5.97 Å². The van der Waals surface area contributed by atoms with E-state index in [1.807, 2.05) is 36.4 Å². The minimum atomic E-state index is -0.329. The van der Waals surface area contributed by atoms with E-state index < -0.39 is 0 Å². The number of ether oxygens (including phenoxy) is 2. The Balaban J connectivity index is 1.21. The predicted octanol–water partition coefficient (Wildman–Crippen LogP) is 6.22. The molecule has 7 heteroatoms. The normalized spacial score (nSPS) is 30.3. The van der Waals surface area contributed by atoms with Crippen LogP contribution in [0.2, 0.25) is 0 Å². The van der Waals surface area contributed by atoms with Gasteiger partial charge in [0, 0.05) is 0 Å². The highest BCUT2D eigenvalue weighted by atomic mass is 32.2. The van der Waals surface area contributed by atoms with Crippen LogP contribution in [0.1, 0.15) is 44.1 Å². The molecule has 1 amide bonds. The van der Waals surface area contributed by atoms with Crippen molar-refractivity contribution < 1.29 is 19.1 Å². The van der Waals surface area contributed by atoms with Gasteiger partial charge < -0.3 is 9.47 Å². The number of anilines is 1. The van der Waals surface area contributed by atoms with E-state index in [1.54, 1.807) is 30.2 Å². The van der Waals surface area contributed by atoms with Crippen LogP contribution in [0.15, 0.2) is 53.4 Å². The zero-order chi connectivity index (χ0) is 24.2. The second-order valence-corrected chi connectivity index (χ2v) is 12.0. The predicted molar refractivity (Wildman–Crippen MR) is 141 cm³/mol. The van der Waals surface area contributed by atoms with Crippen LogP contribution >= 0.6 is 24.0 Å². The highest BCUT2D eigenvalue weighted by molar-refractivity contribution is 8.27. The average Bonchev–Trinajstić information content (AvgIpc) is 3.12. The monoisotopic (exact) mass is 505 g/mol. The first-order chi connectivity index (χ1) is 16.9. The molecule has 4 aliphatic carbocycles. The Kier molecular flexibility index (Phi) is 5.72. The number of carbonyl (C=O) groups excluding carboxylic acids is 2. The molecule has 0 spiro atoms. The van der Waals surface area contributed by atoms with Gasteiger partial charge in [0.1, 0.15) is 0 Å². The number of thioether (sulfide) groups is 1. The zero-order valence-corrected chi connectivity index (χ0v) is 21.2. The van der Waals surface area contributed by atoms with Gasteiger partial charge in [-0.15, -0.1) is 0 Å². The summed E-state index contributed by atoms with van der Waals surface area (Å²) >= 11 is 6.74. The molecule has 4 saturated carbocycles. The summed E-state index contributed by atoms with van der Waals surface area (Å²) in [5, 5.41) is 0. The van der Waals surface area contributed by atoms with E-state index in [1.165, 1.54) is 31.0 Å². The van der Waals surface area contributed by atoms with Crippen molar-refractivity contribution in [3.63, 3.8) is 0 Å². The first-order valence-corrected chi connectivity index (χ1v) is 13.4. The number of hydrogen-bond donors (Lipinski definition) is 0. The fourth-order valence-corrected chi connectivity index (χ4v) is 8.14. The Bertz CT molecular complexity index is 1200. The topological polar surface area (TPSA) is 55.8 Å². The van der Waals surface area contributed by atoms with Crippen LogP contribution in [-0.4, -0.2) is 23.3 Å². The van der Waals surface area contributed by atoms with Gasteiger partial charge in [-0.2, -0.15) is 0 Å². The molecular weight excluding hydrogens is 478 g/mol. The maximum absolute atomic E-state index is 13.4. The summed E-state index contributed by atoms with van der Waals surface area (Å²) in [6.45, 7) is 0. The number of carbonyl (C=O) groups is 2. The van der Waals surface area contributed by atoms with Crippen molar-refractivity contribution >= 4 is 51.9 Å². The first-order valence-electron chi connectivity index (χ1n) is 12.2. The molecule has 2 aromatic rings. The van der Waals surface area contributed by atoms with Crippen molar-refractivity contribution in [3.05, 3.63) is 59.0 Å². The number of para-hydroxylation sites is 1. The van der Waals surface area contributed by atoms with Crippen LogP contribution in [-0.2, 0) is 9.59 Å². The fraction of sp³-hybridized carbons (Fsp3) is 0.393. The molecule has 4 bridgehead atoms. The second-order valence-electron chi connectivity index (χ2n) is 10.4. The fourth-order valence-electron chi connectivity index (χ4n) is 6.85.